The average Bonchev–Trinajstić information content (AvgIpc) is 1.97. The van der Waals surface area contributed by atoms with Crippen LogP contribution in [0.3, 0.4) is 0 Å². The van der Waals surface area contributed by atoms with Gasteiger partial charge in [-0.15, -0.1) is 0 Å². The fourth-order valence-electron chi connectivity index (χ4n) is 0.635. The van der Waals surface area contributed by atoms with Gasteiger partial charge in [-0.05, 0) is 25.7 Å². The van der Waals surface area contributed by atoms with E-state index in [2.05, 4.69) is 53.7 Å². The molecule has 0 bridgehead atoms. The SMILES string of the molecule is CC/C(C)=C\C=C(/C)C(C)(C)C. The predicted octanol–water partition coefficient (Wildman–Crippen LogP) is 4.34. The molecule has 0 heteroatoms. The van der Waals surface area contributed by atoms with Gasteiger partial charge in [-0.25, -0.2) is 0 Å². The Bertz CT molecular complexity index is 187. The Labute approximate surface area is 77.4 Å². The molecule has 0 spiro atoms. The highest BCUT2D eigenvalue weighted by Gasteiger charge is 2.10. The van der Waals surface area contributed by atoms with Crippen LogP contribution in [0.4, 0.5) is 0 Å². The molecule has 0 radical (unpaired) electrons. The smallest absolute Gasteiger partial charge is 0.0173 e. The minimum Gasteiger partial charge on any atom is -0.0736 e. The van der Waals surface area contributed by atoms with Crippen molar-refractivity contribution >= 4 is 0 Å². The van der Waals surface area contributed by atoms with Crippen LogP contribution in [0.25, 0.3) is 0 Å². The van der Waals surface area contributed by atoms with Crippen molar-refractivity contribution in [3.63, 3.8) is 0 Å². The van der Waals surface area contributed by atoms with E-state index >= 15 is 0 Å². The lowest BCUT2D eigenvalue weighted by Gasteiger charge is -2.18. The molecule has 0 nitrogen and oxygen atoms in total. The lowest BCUT2D eigenvalue weighted by molar-refractivity contribution is 0.504. The summed E-state index contributed by atoms with van der Waals surface area (Å²) in [5, 5.41) is 0. The average molecular weight is 166 g/mol. The molecule has 0 saturated carbocycles. The van der Waals surface area contributed by atoms with Gasteiger partial charge in [-0.1, -0.05) is 51.0 Å². The van der Waals surface area contributed by atoms with Gasteiger partial charge < -0.3 is 0 Å². The first kappa shape index (κ1) is 11.5. The zero-order chi connectivity index (χ0) is 9.78. The molecule has 0 aliphatic carbocycles. The van der Waals surface area contributed by atoms with Crippen LogP contribution in [0.15, 0.2) is 23.3 Å². The molecule has 0 amide bonds. The molecular formula is C12H22. The van der Waals surface area contributed by atoms with E-state index in [0.717, 1.165) is 6.42 Å². The van der Waals surface area contributed by atoms with Gasteiger partial charge in [0.15, 0.2) is 0 Å². The lowest BCUT2D eigenvalue weighted by atomic mass is 9.87. The molecule has 0 atom stereocenters. The van der Waals surface area contributed by atoms with E-state index in [-0.39, 0.29) is 0 Å². The Hall–Kier alpha value is -0.520. The van der Waals surface area contributed by atoms with Gasteiger partial charge in [0.25, 0.3) is 0 Å². The van der Waals surface area contributed by atoms with E-state index in [0.29, 0.717) is 5.41 Å². The lowest BCUT2D eigenvalue weighted by Crippen LogP contribution is -2.05. The second-order valence-corrected chi connectivity index (χ2v) is 4.47. The zero-order valence-electron chi connectivity index (χ0n) is 9.36. The van der Waals surface area contributed by atoms with Gasteiger partial charge >= 0.3 is 0 Å². The van der Waals surface area contributed by atoms with Crippen LogP contribution in [0.1, 0.15) is 48.0 Å². The summed E-state index contributed by atoms with van der Waals surface area (Å²) in [4.78, 5) is 0. The third kappa shape index (κ3) is 4.38. The fraction of sp³-hybridized carbons (Fsp3) is 0.667. The maximum Gasteiger partial charge on any atom is -0.0173 e. The summed E-state index contributed by atoms with van der Waals surface area (Å²) in [7, 11) is 0. The second-order valence-electron chi connectivity index (χ2n) is 4.47. The van der Waals surface area contributed by atoms with E-state index in [9.17, 15) is 0 Å². The summed E-state index contributed by atoms with van der Waals surface area (Å²) in [5.74, 6) is 0. The van der Waals surface area contributed by atoms with Crippen molar-refractivity contribution in [2.75, 3.05) is 0 Å². The van der Waals surface area contributed by atoms with Crippen molar-refractivity contribution in [2.24, 2.45) is 5.41 Å². The Morgan fingerprint density at radius 3 is 1.92 bits per heavy atom. The van der Waals surface area contributed by atoms with Gasteiger partial charge in [0, 0.05) is 0 Å². The predicted molar refractivity (Wildman–Crippen MR) is 57.3 cm³/mol. The van der Waals surface area contributed by atoms with Gasteiger partial charge in [-0.2, -0.15) is 0 Å². The van der Waals surface area contributed by atoms with Gasteiger partial charge in [0.1, 0.15) is 0 Å². The number of hydrogen-bond acceptors (Lipinski definition) is 0. The first-order valence-corrected chi connectivity index (χ1v) is 4.72. The maximum absolute atomic E-state index is 2.24. The summed E-state index contributed by atoms with van der Waals surface area (Å²) in [6.07, 6.45) is 5.60. The Kier molecular flexibility index (Phi) is 4.30. The summed E-state index contributed by atoms with van der Waals surface area (Å²) < 4.78 is 0. The van der Waals surface area contributed by atoms with Crippen LogP contribution in [-0.4, -0.2) is 0 Å². The monoisotopic (exact) mass is 166 g/mol. The molecule has 0 aromatic heterocycles. The molecule has 0 fully saturated rings. The van der Waals surface area contributed by atoms with E-state index < -0.39 is 0 Å². The third-order valence-corrected chi connectivity index (χ3v) is 2.36. The molecule has 0 aromatic rings. The minimum atomic E-state index is 0.310. The van der Waals surface area contributed by atoms with E-state index in [4.69, 9.17) is 0 Å². The normalized spacial score (nSPS) is 15.2. The van der Waals surface area contributed by atoms with Crippen molar-refractivity contribution in [1.29, 1.82) is 0 Å². The highest BCUT2D eigenvalue weighted by molar-refractivity contribution is 5.18. The molecule has 0 unspecified atom stereocenters. The Morgan fingerprint density at radius 1 is 1.08 bits per heavy atom. The fourth-order valence-corrected chi connectivity index (χ4v) is 0.635. The van der Waals surface area contributed by atoms with Crippen molar-refractivity contribution < 1.29 is 0 Å². The van der Waals surface area contributed by atoms with Crippen molar-refractivity contribution in [3.8, 4) is 0 Å². The van der Waals surface area contributed by atoms with Crippen LogP contribution in [0.5, 0.6) is 0 Å². The standard InChI is InChI=1S/C12H22/c1-7-10(2)8-9-11(3)12(4,5)6/h8-9H,7H2,1-6H3/b10-8-,11-9+. The number of allylic oxidation sites excluding steroid dienone is 4. The molecule has 0 saturated heterocycles. The molecule has 0 rings (SSSR count). The maximum atomic E-state index is 2.24. The quantitative estimate of drug-likeness (QED) is 0.535. The van der Waals surface area contributed by atoms with E-state index in [1.165, 1.54) is 11.1 Å². The van der Waals surface area contributed by atoms with Crippen LogP contribution >= 0.6 is 0 Å². The first-order chi connectivity index (χ1) is 5.38. The minimum absolute atomic E-state index is 0.310. The first-order valence-electron chi connectivity index (χ1n) is 4.72. The van der Waals surface area contributed by atoms with Crippen molar-refractivity contribution in [3.05, 3.63) is 23.3 Å². The zero-order valence-corrected chi connectivity index (χ0v) is 9.36. The second kappa shape index (κ2) is 4.49. The largest absolute Gasteiger partial charge is 0.0736 e. The molecule has 0 heterocycles. The number of hydrogen-bond donors (Lipinski definition) is 0. The molecule has 0 aliphatic rings. The van der Waals surface area contributed by atoms with Gasteiger partial charge in [0.05, 0.1) is 0 Å². The highest BCUT2D eigenvalue weighted by Crippen LogP contribution is 2.24. The van der Waals surface area contributed by atoms with Crippen LogP contribution < -0.4 is 0 Å². The number of rotatable bonds is 2. The molecule has 0 N–H and O–H groups in total. The Balaban J connectivity index is 4.39. The molecule has 12 heavy (non-hydrogen) atoms. The third-order valence-electron chi connectivity index (χ3n) is 2.36. The Morgan fingerprint density at radius 2 is 1.58 bits per heavy atom. The summed E-state index contributed by atoms with van der Waals surface area (Å²) in [6, 6.07) is 0. The summed E-state index contributed by atoms with van der Waals surface area (Å²) >= 11 is 0. The molecular weight excluding hydrogens is 144 g/mol. The van der Waals surface area contributed by atoms with Crippen molar-refractivity contribution in [2.45, 2.75) is 48.0 Å². The molecule has 0 aliphatic heterocycles. The van der Waals surface area contributed by atoms with Crippen LogP contribution in [0, 0.1) is 5.41 Å². The van der Waals surface area contributed by atoms with E-state index in [1.54, 1.807) is 0 Å². The van der Waals surface area contributed by atoms with Crippen molar-refractivity contribution in [1.82, 2.24) is 0 Å². The summed E-state index contributed by atoms with van der Waals surface area (Å²) in [6.45, 7) is 13.3. The van der Waals surface area contributed by atoms with Crippen LogP contribution in [0.2, 0.25) is 0 Å². The van der Waals surface area contributed by atoms with E-state index in [1.807, 2.05) is 0 Å². The molecule has 0 aromatic carbocycles. The molecule has 70 valence electrons. The van der Waals surface area contributed by atoms with Crippen LogP contribution in [-0.2, 0) is 0 Å². The van der Waals surface area contributed by atoms with Gasteiger partial charge in [-0.3, -0.25) is 0 Å². The highest BCUT2D eigenvalue weighted by atomic mass is 14.2. The van der Waals surface area contributed by atoms with Gasteiger partial charge in [0.2, 0.25) is 0 Å². The topological polar surface area (TPSA) is 0 Å². The summed E-state index contributed by atoms with van der Waals surface area (Å²) in [5.41, 5.74) is 3.19.